The summed E-state index contributed by atoms with van der Waals surface area (Å²) in [6.07, 6.45) is 2.14. The molecule has 1 aliphatic heterocycles. The van der Waals surface area contributed by atoms with Crippen LogP contribution in [0.2, 0.25) is 0 Å². The molecule has 5 heteroatoms. The number of thiophene rings is 1. The van der Waals surface area contributed by atoms with Crippen LogP contribution in [0.25, 0.3) is 0 Å². The quantitative estimate of drug-likeness (QED) is 0.873. The average Bonchev–Trinajstić information content (AvgIpc) is 3.08. The Morgan fingerprint density at radius 2 is 2.23 bits per heavy atom. The highest BCUT2D eigenvalue weighted by Crippen LogP contribution is 2.22. The van der Waals surface area contributed by atoms with Gasteiger partial charge in [-0.1, -0.05) is 12.1 Å². The third-order valence-corrected chi connectivity index (χ3v) is 5.05. The number of likely N-dealkylation sites (N-methyl/N-ethyl adjacent to an activating group) is 1. The Morgan fingerprint density at radius 3 is 2.95 bits per heavy atom. The highest BCUT2D eigenvalue weighted by atomic mass is 32.1. The number of pyridine rings is 1. The van der Waals surface area contributed by atoms with Gasteiger partial charge in [-0.05, 0) is 43.3 Å². The summed E-state index contributed by atoms with van der Waals surface area (Å²) >= 11 is 1.51. The van der Waals surface area contributed by atoms with Gasteiger partial charge in [-0.3, -0.25) is 4.79 Å². The van der Waals surface area contributed by atoms with Crippen LogP contribution in [0.15, 0.2) is 35.7 Å². The molecule has 0 N–H and O–H groups in total. The lowest BCUT2D eigenvalue weighted by Crippen LogP contribution is -2.48. The van der Waals surface area contributed by atoms with Gasteiger partial charge < -0.3 is 9.80 Å². The van der Waals surface area contributed by atoms with Crippen LogP contribution in [0.4, 0.5) is 5.82 Å². The molecule has 2 aromatic rings. The van der Waals surface area contributed by atoms with Crippen molar-refractivity contribution >= 4 is 23.1 Å². The Morgan fingerprint density at radius 1 is 1.36 bits per heavy atom. The van der Waals surface area contributed by atoms with Gasteiger partial charge in [0.2, 0.25) is 0 Å². The topological polar surface area (TPSA) is 36.4 Å². The molecule has 3 heterocycles. The fourth-order valence-corrected chi connectivity index (χ4v) is 3.63. The van der Waals surface area contributed by atoms with Crippen molar-refractivity contribution in [1.29, 1.82) is 0 Å². The molecule has 22 heavy (non-hydrogen) atoms. The van der Waals surface area contributed by atoms with Gasteiger partial charge in [0.05, 0.1) is 4.88 Å². The van der Waals surface area contributed by atoms with Crippen molar-refractivity contribution in [3.05, 3.63) is 46.3 Å². The zero-order chi connectivity index (χ0) is 15.5. The molecular weight excluding hydrogens is 294 g/mol. The van der Waals surface area contributed by atoms with E-state index in [1.807, 2.05) is 48.5 Å². The highest BCUT2D eigenvalue weighted by Gasteiger charge is 2.27. The van der Waals surface area contributed by atoms with E-state index in [1.165, 1.54) is 11.3 Å². The zero-order valence-corrected chi connectivity index (χ0v) is 13.8. The van der Waals surface area contributed by atoms with E-state index in [9.17, 15) is 4.79 Å². The first-order chi connectivity index (χ1) is 10.6. The van der Waals surface area contributed by atoms with Gasteiger partial charge >= 0.3 is 0 Å². The summed E-state index contributed by atoms with van der Waals surface area (Å²) in [4.78, 5) is 22.1. The predicted molar refractivity (Wildman–Crippen MR) is 90.6 cm³/mol. The third kappa shape index (κ3) is 3.14. The number of carbonyl (C=O) groups is 1. The van der Waals surface area contributed by atoms with E-state index in [4.69, 9.17) is 0 Å². The molecule has 1 amide bonds. The van der Waals surface area contributed by atoms with Gasteiger partial charge in [0.15, 0.2) is 0 Å². The van der Waals surface area contributed by atoms with Gasteiger partial charge in [-0.25, -0.2) is 4.98 Å². The molecule has 4 nitrogen and oxygen atoms in total. The van der Waals surface area contributed by atoms with Crippen LogP contribution < -0.4 is 4.90 Å². The first-order valence-electron chi connectivity index (χ1n) is 7.64. The lowest BCUT2D eigenvalue weighted by molar-refractivity contribution is 0.0722. The minimum Gasteiger partial charge on any atom is -0.355 e. The van der Waals surface area contributed by atoms with Crippen LogP contribution in [0, 0.1) is 6.92 Å². The summed E-state index contributed by atoms with van der Waals surface area (Å²) in [6.45, 7) is 3.87. The van der Waals surface area contributed by atoms with Crippen molar-refractivity contribution in [2.75, 3.05) is 25.0 Å². The molecule has 0 aromatic carbocycles. The van der Waals surface area contributed by atoms with Crippen molar-refractivity contribution in [3.63, 3.8) is 0 Å². The monoisotopic (exact) mass is 315 g/mol. The van der Waals surface area contributed by atoms with E-state index in [-0.39, 0.29) is 11.9 Å². The molecule has 0 saturated carbocycles. The molecular formula is C17H21N3OS. The number of piperidine rings is 1. The summed E-state index contributed by atoms with van der Waals surface area (Å²) in [5.74, 6) is 1.14. The summed E-state index contributed by atoms with van der Waals surface area (Å²) in [5.41, 5.74) is 1.03. The summed E-state index contributed by atoms with van der Waals surface area (Å²) < 4.78 is 0. The maximum absolute atomic E-state index is 12.5. The van der Waals surface area contributed by atoms with Crippen LogP contribution in [-0.4, -0.2) is 42.0 Å². The Balaban J connectivity index is 1.71. The largest absolute Gasteiger partial charge is 0.355 e. The van der Waals surface area contributed by atoms with Crippen LogP contribution in [0.3, 0.4) is 0 Å². The van der Waals surface area contributed by atoms with Crippen LogP contribution in [0.5, 0.6) is 0 Å². The number of carbonyl (C=O) groups excluding carboxylic acids is 1. The van der Waals surface area contributed by atoms with E-state index in [1.54, 1.807) is 0 Å². The predicted octanol–water partition coefficient (Wildman–Crippen LogP) is 3.19. The average molecular weight is 315 g/mol. The Hall–Kier alpha value is -1.88. The van der Waals surface area contributed by atoms with Crippen molar-refractivity contribution in [1.82, 2.24) is 9.88 Å². The van der Waals surface area contributed by atoms with Crippen molar-refractivity contribution < 1.29 is 4.79 Å². The molecule has 0 radical (unpaired) electrons. The Bertz CT molecular complexity index is 641. The molecule has 1 saturated heterocycles. The molecule has 0 bridgehead atoms. The molecule has 1 fully saturated rings. The molecule has 0 spiro atoms. The molecule has 3 rings (SSSR count). The van der Waals surface area contributed by atoms with Gasteiger partial charge in [0.25, 0.3) is 5.91 Å². The number of aromatic nitrogens is 1. The second kappa shape index (κ2) is 6.48. The number of hydrogen-bond donors (Lipinski definition) is 0. The SMILES string of the molecule is Cc1cccc(N2CCCC(N(C)C(=O)c3cccs3)C2)n1. The lowest BCUT2D eigenvalue weighted by atomic mass is 10.0. The van der Waals surface area contributed by atoms with Crippen molar-refractivity contribution in [2.24, 2.45) is 0 Å². The Kier molecular flexibility index (Phi) is 4.43. The molecule has 2 aromatic heterocycles. The van der Waals surface area contributed by atoms with E-state index < -0.39 is 0 Å². The van der Waals surface area contributed by atoms with E-state index in [0.29, 0.717) is 0 Å². The number of amides is 1. The van der Waals surface area contributed by atoms with Gasteiger partial charge in [-0.15, -0.1) is 11.3 Å². The summed E-state index contributed by atoms with van der Waals surface area (Å²) in [7, 11) is 1.92. The normalized spacial score (nSPS) is 18.3. The zero-order valence-electron chi connectivity index (χ0n) is 13.0. The lowest BCUT2D eigenvalue weighted by Gasteiger charge is -2.38. The van der Waals surface area contributed by atoms with Crippen molar-refractivity contribution in [2.45, 2.75) is 25.8 Å². The van der Waals surface area contributed by atoms with E-state index in [0.717, 1.165) is 42.3 Å². The summed E-state index contributed by atoms with van der Waals surface area (Å²) in [6, 6.07) is 10.2. The number of aryl methyl sites for hydroxylation is 1. The Labute approximate surface area is 135 Å². The molecule has 1 unspecified atom stereocenters. The fraction of sp³-hybridized carbons (Fsp3) is 0.412. The second-order valence-corrected chi connectivity index (χ2v) is 6.72. The maximum atomic E-state index is 12.5. The number of anilines is 1. The van der Waals surface area contributed by atoms with Crippen LogP contribution in [-0.2, 0) is 0 Å². The third-order valence-electron chi connectivity index (χ3n) is 4.19. The molecule has 0 aliphatic carbocycles. The standard InChI is InChI=1S/C17H21N3OS/c1-13-6-3-9-16(18-13)20-10-4-7-14(12-20)19(2)17(21)15-8-5-11-22-15/h3,5-6,8-9,11,14H,4,7,10,12H2,1-2H3. The van der Waals surface area contributed by atoms with Crippen LogP contribution in [0.1, 0.15) is 28.2 Å². The van der Waals surface area contributed by atoms with E-state index >= 15 is 0 Å². The highest BCUT2D eigenvalue weighted by molar-refractivity contribution is 7.12. The summed E-state index contributed by atoms with van der Waals surface area (Å²) in [5, 5.41) is 1.95. The van der Waals surface area contributed by atoms with Gasteiger partial charge in [-0.2, -0.15) is 0 Å². The number of hydrogen-bond acceptors (Lipinski definition) is 4. The maximum Gasteiger partial charge on any atom is 0.263 e. The number of nitrogens with zero attached hydrogens (tertiary/aromatic N) is 3. The first-order valence-corrected chi connectivity index (χ1v) is 8.52. The molecule has 1 atom stereocenters. The second-order valence-electron chi connectivity index (χ2n) is 5.77. The van der Waals surface area contributed by atoms with Crippen molar-refractivity contribution in [3.8, 4) is 0 Å². The van der Waals surface area contributed by atoms with Crippen LogP contribution >= 0.6 is 11.3 Å². The first kappa shape index (κ1) is 15.0. The fourth-order valence-electron chi connectivity index (χ4n) is 2.92. The number of rotatable bonds is 3. The molecule has 116 valence electrons. The molecule has 1 aliphatic rings. The minimum absolute atomic E-state index is 0.124. The van der Waals surface area contributed by atoms with E-state index in [2.05, 4.69) is 16.0 Å². The smallest absolute Gasteiger partial charge is 0.263 e. The van der Waals surface area contributed by atoms with Gasteiger partial charge in [0.1, 0.15) is 5.82 Å². The van der Waals surface area contributed by atoms with Gasteiger partial charge in [0, 0.05) is 31.9 Å². The minimum atomic E-state index is 0.124.